The van der Waals surface area contributed by atoms with Gasteiger partial charge in [0.1, 0.15) is 12.4 Å². The fraction of sp³-hybridized carbons (Fsp3) is 0.458. The first-order chi connectivity index (χ1) is 15.3. The van der Waals surface area contributed by atoms with E-state index >= 15 is 0 Å². The number of nitrogens with zero attached hydrogens (tertiary/aromatic N) is 5. The molecule has 4 rings (SSSR count). The van der Waals surface area contributed by atoms with E-state index < -0.39 is 0 Å². The predicted molar refractivity (Wildman–Crippen MR) is 121 cm³/mol. The lowest BCUT2D eigenvalue weighted by Crippen LogP contribution is -2.45. The van der Waals surface area contributed by atoms with Crippen molar-refractivity contribution in [2.24, 2.45) is 7.05 Å². The van der Waals surface area contributed by atoms with E-state index in [0.717, 1.165) is 66.4 Å². The van der Waals surface area contributed by atoms with Crippen molar-refractivity contribution in [2.45, 2.75) is 52.7 Å². The zero-order valence-corrected chi connectivity index (χ0v) is 19.2. The number of aryl methyl sites for hydroxylation is 2. The van der Waals surface area contributed by atoms with Gasteiger partial charge in [0.25, 0.3) is 0 Å². The number of likely N-dealkylation sites (tertiary alicyclic amines) is 1. The fourth-order valence-corrected chi connectivity index (χ4v) is 4.23. The van der Waals surface area contributed by atoms with Crippen LogP contribution in [-0.2, 0) is 24.9 Å². The molecule has 0 unspecified atom stereocenters. The van der Waals surface area contributed by atoms with Crippen LogP contribution in [0.2, 0.25) is 0 Å². The van der Waals surface area contributed by atoms with Gasteiger partial charge < -0.3 is 5.32 Å². The Balaban J connectivity index is 1.28. The number of carbonyl (C=O) groups excluding carboxylic acids is 1. The minimum absolute atomic E-state index is 0.0182. The van der Waals surface area contributed by atoms with E-state index in [1.807, 2.05) is 32.5 Å². The molecular formula is C24H31FN6O. The van der Waals surface area contributed by atoms with Crippen molar-refractivity contribution in [1.29, 1.82) is 0 Å². The Hall–Kier alpha value is -3.00. The van der Waals surface area contributed by atoms with Crippen molar-refractivity contribution < 1.29 is 9.18 Å². The summed E-state index contributed by atoms with van der Waals surface area (Å²) in [5, 5.41) is 12.2. The molecule has 1 aromatic carbocycles. The van der Waals surface area contributed by atoms with Crippen LogP contribution >= 0.6 is 0 Å². The number of nitrogens with one attached hydrogen (secondary N) is 1. The molecule has 1 amide bonds. The van der Waals surface area contributed by atoms with Gasteiger partial charge in [-0.15, -0.1) is 0 Å². The van der Waals surface area contributed by atoms with Crippen LogP contribution in [0.15, 0.2) is 30.3 Å². The van der Waals surface area contributed by atoms with Gasteiger partial charge in [-0.2, -0.15) is 10.2 Å². The average molecular weight is 439 g/mol. The van der Waals surface area contributed by atoms with Crippen LogP contribution in [0, 0.1) is 26.6 Å². The molecule has 8 heteroatoms. The van der Waals surface area contributed by atoms with E-state index in [9.17, 15) is 9.18 Å². The highest BCUT2D eigenvalue weighted by Gasteiger charge is 2.22. The first-order valence-corrected chi connectivity index (χ1v) is 11.1. The SMILES string of the molecule is Cc1nn(CC(=O)NC2CCN(Cc3cc(-c4ccc(F)cc4)nn3C)CC2)c(C)c1C. The monoisotopic (exact) mass is 438 g/mol. The fourth-order valence-electron chi connectivity index (χ4n) is 4.23. The predicted octanol–water partition coefficient (Wildman–Crippen LogP) is 3.13. The third-order valence-corrected chi connectivity index (χ3v) is 6.49. The van der Waals surface area contributed by atoms with Crippen LogP contribution in [0.3, 0.4) is 0 Å². The van der Waals surface area contributed by atoms with Gasteiger partial charge in [0.2, 0.25) is 5.91 Å². The molecule has 32 heavy (non-hydrogen) atoms. The number of rotatable bonds is 6. The van der Waals surface area contributed by atoms with Gasteiger partial charge >= 0.3 is 0 Å². The maximum Gasteiger partial charge on any atom is 0.241 e. The Morgan fingerprint density at radius 2 is 1.81 bits per heavy atom. The maximum atomic E-state index is 13.2. The normalized spacial score (nSPS) is 15.3. The lowest BCUT2D eigenvalue weighted by Gasteiger charge is -2.32. The molecule has 7 nitrogen and oxygen atoms in total. The molecule has 0 atom stereocenters. The number of hydrogen-bond acceptors (Lipinski definition) is 4. The van der Waals surface area contributed by atoms with E-state index in [0.29, 0.717) is 0 Å². The van der Waals surface area contributed by atoms with Crippen LogP contribution < -0.4 is 5.32 Å². The molecule has 3 heterocycles. The highest BCUT2D eigenvalue weighted by Crippen LogP contribution is 2.21. The van der Waals surface area contributed by atoms with Crippen molar-refractivity contribution in [3.63, 3.8) is 0 Å². The zero-order valence-electron chi connectivity index (χ0n) is 19.2. The highest BCUT2D eigenvalue weighted by atomic mass is 19.1. The summed E-state index contributed by atoms with van der Waals surface area (Å²) < 4.78 is 16.9. The lowest BCUT2D eigenvalue weighted by atomic mass is 10.0. The molecule has 1 N–H and O–H groups in total. The molecule has 1 fully saturated rings. The van der Waals surface area contributed by atoms with Gasteiger partial charge in [-0.3, -0.25) is 19.1 Å². The van der Waals surface area contributed by atoms with Crippen LogP contribution in [0.1, 0.15) is 35.5 Å². The van der Waals surface area contributed by atoms with Crippen molar-refractivity contribution in [3.8, 4) is 11.3 Å². The molecule has 1 aliphatic heterocycles. The molecule has 3 aromatic rings. The van der Waals surface area contributed by atoms with Crippen LogP contribution in [0.5, 0.6) is 0 Å². The molecule has 1 aliphatic rings. The van der Waals surface area contributed by atoms with E-state index in [1.54, 1.807) is 16.8 Å². The average Bonchev–Trinajstić information content (AvgIpc) is 3.24. The van der Waals surface area contributed by atoms with Crippen molar-refractivity contribution in [1.82, 2.24) is 29.8 Å². The lowest BCUT2D eigenvalue weighted by molar-refractivity contribution is -0.122. The number of carbonyl (C=O) groups is 1. The first kappa shape index (κ1) is 22.2. The number of benzene rings is 1. The van der Waals surface area contributed by atoms with Gasteiger partial charge in [-0.25, -0.2) is 4.39 Å². The molecule has 1 saturated heterocycles. The summed E-state index contributed by atoms with van der Waals surface area (Å²) in [5.74, 6) is -0.227. The summed E-state index contributed by atoms with van der Waals surface area (Å²) in [6.45, 7) is 8.91. The molecule has 0 radical (unpaired) electrons. The molecule has 170 valence electrons. The first-order valence-electron chi connectivity index (χ1n) is 11.1. The smallest absolute Gasteiger partial charge is 0.241 e. The minimum Gasteiger partial charge on any atom is -0.352 e. The maximum absolute atomic E-state index is 13.2. The number of piperidine rings is 1. The molecular weight excluding hydrogens is 407 g/mol. The van der Waals surface area contributed by atoms with Crippen molar-refractivity contribution in [2.75, 3.05) is 13.1 Å². The summed E-state index contributed by atoms with van der Waals surface area (Å²) in [6, 6.07) is 8.68. The van der Waals surface area contributed by atoms with Crippen molar-refractivity contribution >= 4 is 5.91 Å². The van der Waals surface area contributed by atoms with E-state index in [-0.39, 0.29) is 24.3 Å². The quantitative estimate of drug-likeness (QED) is 0.642. The third kappa shape index (κ3) is 4.91. The molecule has 2 aromatic heterocycles. The van der Waals surface area contributed by atoms with Gasteiger partial charge in [-0.05, 0) is 69.5 Å². The molecule has 0 spiro atoms. The van der Waals surface area contributed by atoms with Crippen LogP contribution in [0.4, 0.5) is 4.39 Å². The Morgan fingerprint density at radius 3 is 2.44 bits per heavy atom. The number of halogens is 1. The van der Waals surface area contributed by atoms with Crippen LogP contribution in [-0.4, -0.2) is 49.5 Å². The standard InChI is InChI=1S/C24H31FN6O/c1-16-17(2)27-31(18(16)3)15-24(32)26-21-9-11-30(12-10-21)14-22-13-23(28-29(22)4)19-5-7-20(25)8-6-19/h5-8,13,21H,9-12,14-15H2,1-4H3,(H,26,32). The largest absolute Gasteiger partial charge is 0.352 e. The highest BCUT2D eigenvalue weighted by molar-refractivity contribution is 5.76. The van der Waals surface area contributed by atoms with Gasteiger partial charge in [-0.1, -0.05) is 0 Å². The number of aromatic nitrogens is 4. The Morgan fingerprint density at radius 1 is 1.12 bits per heavy atom. The van der Waals surface area contributed by atoms with Gasteiger partial charge in [0.15, 0.2) is 0 Å². The van der Waals surface area contributed by atoms with Gasteiger partial charge in [0, 0.05) is 44.0 Å². The van der Waals surface area contributed by atoms with E-state index in [1.165, 1.54) is 12.1 Å². The summed E-state index contributed by atoms with van der Waals surface area (Å²) in [6.07, 6.45) is 1.84. The second-order valence-corrected chi connectivity index (χ2v) is 8.72. The molecule has 0 aliphatic carbocycles. The second kappa shape index (κ2) is 9.24. The van der Waals surface area contributed by atoms with E-state index in [2.05, 4.69) is 26.5 Å². The Labute approximate surface area is 188 Å². The minimum atomic E-state index is -0.246. The third-order valence-electron chi connectivity index (χ3n) is 6.49. The molecule has 0 saturated carbocycles. The second-order valence-electron chi connectivity index (χ2n) is 8.72. The topological polar surface area (TPSA) is 68.0 Å². The summed E-state index contributed by atoms with van der Waals surface area (Å²) in [4.78, 5) is 14.9. The number of amides is 1. The van der Waals surface area contributed by atoms with Gasteiger partial charge in [0.05, 0.1) is 17.1 Å². The number of hydrogen-bond donors (Lipinski definition) is 1. The van der Waals surface area contributed by atoms with Crippen molar-refractivity contribution in [3.05, 3.63) is 58.8 Å². The zero-order chi connectivity index (χ0) is 22.8. The van der Waals surface area contributed by atoms with Crippen LogP contribution in [0.25, 0.3) is 11.3 Å². The summed E-state index contributed by atoms with van der Waals surface area (Å²) in [5.41, 5.74) is 6.04. The van der Waals surface area contributed by atoms with E-state index in [4.69, 9.17) is 0 Å². The Bertz CT molecular complexity index is 1090. The molecule has 0 bridgehead atoms. The summed E-state index contributed by atoms with van der Waals surface area (Å²) >= 11 is 0. The Kier molecular flexibility index (Phi) is 6.41. The summed E-state index contributed by atoms with van der Waals surface area (Å²) in [7, 11) is 1.94.